The second kappa shape index (κ2) is 10.1. The summed E-state index contributed by atoms with van der Waals surface area (Å²) in [6.45, 7) is 1.61. The van der Waals surface area contributed by atoms with Crippen molar-refractivity contribution in [1.29, 1.82) is 0 Å². The number of amides is 2. The molecule has 0 radical (unpaired) electrons. The molecule has 0 spiro atoms. The van der Waals surface area contributed by atoms with Crippen LogP contribution in [0.25, 0.3) is 0 Å². The fourth-order valence-electron chi connectivity index (χ4n) is 3.10. The van der Waals surface area contributed by atoms with E-state index in [9.17, 15) is 18.0 Å². The van der Waals surface area contributed by atoms with Gasteiger partial charge in [-0.15, -0.1) is 0 Å². The van der Waals surface area contributed by atoms with Crippen molar-refractivity contribution in [2.45, 2.75) is 23.6 Å². The summed E-state index contributed by atoms with van der Waals surface area (Å²) < 4.78 is 36.9. The highest BCUT2D eigenvalue weighted by atomic mass is 32.2. The molecule has 0 aliphatic heterocycles. The number of benzene rings is 2. The van der Waals surface area contributed by atoms with Gasteiger partial charge in [0, 0.05) is 18.7 Å². The molecule has 2 aromatic carbocycles. The summed E-state index contributed by atoms with van der Waals surface area (Å²) in [6, 6.07) is 16.5. The Morgan fingerprint density at radius 3 is 2.31 bits per heavy atom. The molecular formula is C23H24N2O6S. The monoisotopic (exact) mass is 456 g/mol. The second-order valence-electron chi connectivity index (χ2n) is 7.07. The van der Waals surface area contributed by atoms with Crippen LogP contribution in [0.3, 0.4) is 0 Å². The van der Waals surface area contributed by atoms with E-state index < -0.39 is 26.9 Å². The van der Waals surface area contributed by atoms with Gasteiger partial charge in [0.15, 0.2) is 9.84 Å². The Labute approximate surface area is 186 Å². The quantitative estimate of drug-likeness (QED) is 0.504. The maximum Gasteiger partial charge on any atom is 0.309 e. The summed E-state index contributed by atoms with van der Waals surface area (Å²) in [5.74, 6) is -1.09. The summed E-state index contributed by atoms with van der Waals surface area (Å²) in [5.41, 5.74) is 1.62. The number of ether oxygens (including phenoxy) is 1. The van der Waals surface area contributed by atoms with Gasteiger partial charge in [0.1, 0.15) is 16.8 Å². The predicted molar refractivity (Wildman–Crippen MR) is 118 cm³/mol. The van der Waals surface area contributed by atoms with Crippen molar-refractivity contribution in [2.24, 2.45) is 0 Å². The molecule has 0 aliphatic rings. The van der Waals surface area contributed by atoms with Gasteiger partial charge in [-0.05, 0) is 37.3 Å². The van der Waals surface area contributed by atoms with Crippen LogP contribution in [0.15, 0.2) is 76.2 Å². The van der Waals surface area contributed by atoms with Gasteiger partial charge < -0.3 is 19.8 Å². The van der Waals surface area contributed by atoms with Crippen molar-refractivity contribution in [2.75, 3.05) is 13.7 Å². The third kappa shape index (κ3) is 5.36. The van der Waals surface area contributed by atoms with E-state index >= 15 is 0 Å². The number of nitrogens with one attached hydrogen (secondary N) is 2. The third-order valence-corrected chi connectivity index (χ3v) is 6.95. The Hall–Kier alpha value is -3.59. The van der Waals surface area contributed by atoms with E-state index in [-0.39, 0.29) is 23.7 Å². The molecule has 0 aliphatic carbocycles. The standard InChI is InChI=1S/C23H24N2O6S/c1-16-9-11-18(12-10-16)32(28,29)21(20-8-5-13-31-20)15-25-23(27)22(26)24-14-17-6-3-4-7-19(17)30-2/h3-13,21H,14-15H2,1-2H3,(H,24,26)(H,25,27)/t21-/m1/s1. The molecule has 3 rings (SSSR count). The summed E-state index contributed by atoms with van der Waals surface area (Å²) >= 11 is 0. The lowest BCUT2D eigenvalue weighted by atomic mass is 10.2. The molecule has 0 saturated heterocycles. The maximum atomic E-state index is 13.2. The molecule has 3 aromatic rings. The first-order valence-corrected chi connectivity index (χ1v) is 11.4. The molecule has 32 heavy (non-hydrogen) atoms. The van der Waals surface area contributed by atoms with E-state index in [1.54, 1.807) is 42.5 Å². The molecule has 0 unspecified atom stereocenters. The van der Waals surface area contributed by atoms with Gasteiger partial charge >= 0.3 is 11.8 Å². The van der Waals surface area contributed by atoms with E-state index in [1.165, 1.54) is 31.6 Å². The van der Waals surface area contributed by atoms with Crippen LogP contribution in [-0.2, 0) is 26.0 Å². The Bertz CT molecular complexity index is 1170. The van der Waals surface area contributed by atoms with Crippen LogP contribution in [0.4, 0.5) is 0 Å². The summed E-state index contributed by atoms with van der Waals surface area (Å²) in [7, 11) is -2.37. The third-order valence-electron chi connectivity index (χ3n) is 4.87. The smallest absolute Gasteiger partial charge is 0.309 e. The lowest BCUT2D eigenvalue weighted by Crippen LogP contribution is -2.42. The minimum Gasteiger partial charge on any atom is -0.496 e. The number of methoxy groups -OCH3 is 1. The lowest BCUT2D eigenvalue weighted by Gasteiger charge is -2.17. The van der Waals surface area contributed by atoms with E-state index in [1.807, 2.05) is 6.92 Å². The van der Waals surface area contributed by atoms with E-state index in [4.69, 9.17) is 9.15 Å². The molecule has 0 bridgehead atoms. The van der Waals surface area contributed by atoms with Crippen molar-refractivity contribution in [3.05, 3.63) is 83.8 Å². The zero-order chi connectivity index (χ0) is 23.1. The summed E-state index contributed by atoms with van der Waals surface area (Å²) in [5, 5.41) is 3.72. The first-order valence-electron chi connectivity index (χ1n) is 9.85. The summed E-state index contributed by atoms with van der Waals surface area (Å²) in [6.07, 6.45) is 1.36. The van der Waals surface area contributed by atoms with Gasteiger partial charge in [0.05, 0.1) is 18.3 Å². The largest absolute Gasteiger partial charge is 0.496 e. The van der Waals surface area contributed by atoms with Crippen LogP contribution in [0, 0.1) is 6.92 Å². The predicted octanol–water partition coefficient (Wildman–Crippen LogP) is 2.54. The van der Waals surface area contributed by atoms with Crippen molar-refractivity contribution >= 4 is 21.7 Å². The maximum absolute atomic E-state index is 13.2. The van der Waals surface area contributed by atoms with Crippen molar-refractivity contribution in [1.82, 2.24) is 10.6 Å². The molecule has 2 amide bonds. The highest BCUT2D eigenvalue weighted by Crippen LogP contribution is 2.29. The van der Waals surface area contributed by atoms with Crippen LogP contribution < -0.4 is 15.4 Å². The van der Waals surface area contributed by atoms with Gasteiger partial charge in [-0.3, -0.25) is 9.59 Å². The number of furan rings is 1. The highest BCUT2D eigenvalue weighted by Gasteiger charge is 2.32. The Morgan fingerprint density at radius 2 is 1.66 bits per heavy atom. The Morgan fingerprint density at radius 1 is 0.969 bits per heavy atom. The second-order valence-corrected chi connectivity index (χ2v) is 9.20. The van der Waals surface area contributed by atoms with E-state index in [2.05, 4.69) is 10.6 Å². The van der Waals surface area contributed by atoms with Gasteiger partial charge in [-0.25, -0.2) is 8.42 Å². The van der Waals surface area contributed by atoms with Gasteiger partial charge in [-0.1, -0.05) is 35.9 Å². The summed E-state index contributed by atoms with van der Waals surface area (Å²) in [4.78, 5) is 24.7. The van der Waals surface area contributed by atoms with Crippen molar-refractivity contribution in [3.8, 4) is 5.75 Å². The normalized spacial score (nSPS) is 12.1. The van der Waals surface area contributed by atoms with Crippen LogP contribution in [0.2, 0.25) is 0 Å². The molecule has 0 fully saturated rings. The fourth-order valence-corrected chi connectivity index (χ4v) is 4.69. The average Bonchev–Trinajstić information content (AvgIpc) is 3.32. The molecule has 1 atom stereocenters. The van der Waals surface area contributed by atoms with Crippen LogP contribution in [0.1, 0.15) is 22.1 Å². The number of carbonyl (C=O) groups is 2. The molecule has 2 N–H and O–H groups in total. The SMILES string of the molecule is COc1ccccc1CNC(=O)C(=O)NC[C@H](c1ccco1)S(=O)(=O)c1ccc(C)cc1. The zero-order valence-corrected chi connectivity index (χ0v) is 18.5. The Kier molecular flexibility index (Phi) is 7.32. The number of hydrogen-bond acceptors (Lipinski definition) is 6. The molecule has 8 nitrogen and oxygen atoms in total. The first-order chi connectivity index (χ1) is 15.3. The fraction of sp³-hybridized carbons (Fsp3) is 0.217. The molecule has 9 heteroatoms. The highest BCUT2D eigenvalue weighted by molar-refractivity contribution is 7.91. The van der Waals surface area contributed by atoms with E-state index in [0.717, 1.165) is 5.56 Å². The molecule has 0 saturated carbocycles. The topological polar surface area (TPSA) is 115 Å². The number of carbonyl (C=O) groups excluding carboxylic acids is 2. The zero-order valence-electron chi connectivity index (χ0n) is 17.7. The number of aryl methyl sites for hydroxylation is 1. The van der Waals surface area contributed by atoms with Crippen LogP contribution >= 0.6 is 0 Å². The minimum absolute atomic E-state index is 0.0829. The van der Waals surface area contributed by atoms with Crippen LogP contribution in [-0.4, -0.2) is 33.9 Å². The van der Waals surface area contributed by atoms with Crippen molar-refractivity contribution < 1.29 is 27.2 Å². The number of sulfone groups is 1. The molecule has 1 heterocycles. The number of para-hydroxylation sites is 1. The number of hydrogen-bond donors (Lipinski definition) is 2. The van der Waals surface area contributed by atoms with Gasteiger partial charge in [0.25, 0.3) is 0 Å². The van der Waals surface area contributed by atoms with Gasteiger partial charge in [0.2, 0.25) is 0 Å². The van der Waals surface area contributed by atoms with Gasteiger partial charge in [-0.2, -0.15) is 0 Å². The van der Waals surface area contributed by atoms with Crippen LogP contribution in [0.5, 0.6) is 5.75 Å². The molecule has 1 aromatic heterocycles. The average molecular weight is 457 g/mol. The molecular weight excluding hydrogens is 432 g/mol. The van der Waals surface area contributed by atoms with E-state index in [0.29, 0.717) is 11.3 Å². The molecule has 168 valence electrons. The minimum atomic E-state index is -3.88. The Balaban J connectivity index is 1.69. The van der Waals surface area contributed by atoms with Crippen molar-refractivity contribution in [3.63, 3.8) is 0 Å². The first kappa shape index (κ1) is 23.1. The lowest BCUT2D eigenvalue weighted by molar-refractivity contribution is -0.139. The number of rotatable bonds is 8.